The third-order valence-corrected chi connectivity index (χ3v) is 4.76. The van der Waals surface area contributed by atoms with Gasteiger partial charge in [-0.25, -0.2) is 0 Å². The van der Waals surface area contributed by atoms with E-state index in [1.807, 2.05) is 85.8 Å². The molecule has 4 heteroatoms. The lowest BCUT2D eigenvalue weighted by molar-refractivity contribution is 0.478. The maximum absolute atomic E-state index is 13.4. The highest BCUT2D eigenvalue weighted by molar-refractivity contribution is 6.06. The highest BCUT2D eigenvalue weighted by Gasteiger charge is 2.19. The average Bonchev–Trinajstić information content (AvgIpc) is 2.71. The molecule has 3 aromatic carbocycles. The van der Waals surface area contributed by atoms with Crippen LogP contribution in [0.25, 0.3) is 16.6 Å². The number of aromatic nitrogens is 1. The molecule has 0 atom stereocenters. The lowest BCUT2D eigenvalue weighted by Crippen LogP contribution is -2.25. The molecule has 0 amide bonds. The van der Waals surface area contributed by atoms with Gasteiger partial charge in [0.2, 0.25) is 0 Å². The smallest absolute Gasteiger partial charge is 0.268 e. The zero-order valence-electron chi connectivity index (χ0n) is 15.8. The van der Waals surface area contributed by atoms with Crippen molar-refractivity contribution in [3.05, 3.63) is 100 Å². The zero-order valence-corrected chi connectivity index (χ0v) is 15.8. The van der Waals surface area contributed by atoms with Crippen molar-refractivity contribution in [1.82, 2.24) is 4.57 Å². The van der Waals surface area contributed by atoms with Crippen molar-refractivity contribution in [3.63, 3.8) is 0 Å². The Morgan fingerprint density at radius 1 is 0.893 bits per heavy atom. The summed E-state index contributed by atoms with van der Waals surface area (Å²) in [6, 6.07) is 24.5. The summed E-state index contributed by atoms with van der Waals surface area (Å²) < 4.78 is 1.62. The summed E-state index contributed by atoms with van der Waals surface area (Å²) in [5, 5.41) is 11.5. The van der Waals surface area contributed by atoms with Crippen molar-refractivity contribution < 1.29 is 5.11 Å². The second kappa shape index (κ2) is 7.16. The summed E-state index contributed by atoms with van der Waals surface area (Å²) >= 11 is 0. The van der Waals surface area contributed by atoms with Crippen LogP contribution in [-0.2, 0) is 0 Å². The molecule has 0 radical (unpaired) electrons. The fraction of sp³-hybridized carbons (Fsp3) is 0.0833. The minimum Gasteiger partial charge on any atom is -0.506 e. The average molecular weight is 368 g/mol. The Bertz CT molecular complexity index is 1240. The third kappa shape index (κ3) is 3.09. The first-order valence-electron chi connectivity index (χ1n) is 9.11. The van der Waals surface area contributed by atoms with Gasteiger partial charge in [0.15, 0.2) is 0 Å². The number of rotatable bonds is 3. The first-order valence-corrected chi connectivity index (χ1v) is 9.11. The maximum Gasteiger partial charge on any atom is 0.268 e. The minimum absolute atomic E-state index is 0.0406. The van der Waals surface area contributed by atoms with Crippen molar-refractivity contribution in [1.29, 1.82) is 0 Å². The van der Waals surface area contributed by atoms with E-state index in [9.17, 15) is 9.90 Å². The number of para-hydroxylation sites is 2. The van der Waals surface area contributed by atoms with Gasteiger partial charge in [-0.05, 0) is 50.2 Å². The minimum atomic E-state index is -0.296. The molecular weight excluding hydrogens is 348 g/mol. The molecule has 4 rings (SSSR count). The zero-order chi connectivity index (χ0) is 19.7. The first-order chi connectivity index (χ1) is 13.6. The molecule has 0 aliphatic carbocycles. The van der Waals surface area contributed by atoms with Gasteiger partial charge in [-0.15, -0.1) is 0 Å². The Morgan fingerprint density at radius 3 is 2.25 bits per heavy atom. The topological polar surface area (TPSA) is 54.6 Å². The predicted octanol–water partition coefficient (Wildman–Crippen LogP) is 5.15. The second-order valence-corrected chi connectivity index (χ2v) is 6.75. The summed E-state index contributed by atoms with van der Waals surface area (Å²) in [5.41, 5.74) is 3.66. The van der Waals surface area contributed by atoms with Gasteiger partial charge in [0, 0.05) is 11.1 Å². The molecule has 1 heterocycles. The van der Waals surface area contributed by atoms with Crippen LogP contribution in [0, 0.1) is 6.92 Å². The molecule has 1 aromatic heterocycles. The molecule has 138 valence electrons. The largest absolute Gasteiger partial charge is 0.506 e. The molecule has 0 spiro atoms. The number of hydrogen-bond donors (Lipinski definition) is 1. The first kappa shape index (κ1) is 17.7. The number of benzene rings is 3. The lowest BCUT2D eigenvalue weighted by atomic mass is 10.1. The number of aromatic hydroxyl groups is 1. The molecule has 0 aliphatic rings. The Kier molecular flexibility index (Phi) is 4.53. The van der Waals surface area contributed by atoms with E-state index in [0.29, 0.717) is 16.6 Å². The molecule has 0 unspecified atom stereocenters. The summed E-state index contributed by atoms with van der Waals surface area (Å²) in [6.45, 7) is 3.76. The summed E-state index contributed by atoms with van der Waals surface area (Å²) in [7, 11) is 0. The van der Waals surface area contributed by atoms with Gasteiger partial charge >= 0.3 is 0 Å². The molecule has 28 heavy (non-hydrogen) atoms. The third-order valence-electron chi connectivity index (χ3n) is 4.76. The summed E-state index contributed by atoms with van der Waals surface area (Å²) in [4.78, 5) is 18.0. The number of hydrogen-bond acceptors (Lipinski definition) is 3. The van der Waals surface area contributed by atoms with E-state index >= 15 is 0 Å². The molecule has 4 nitrogen and oxygen atoms in total. The van der Waals surface area contributed by atoms with Crippen molar-refractivity contribution >= 4 is 22.3 Å². The van der Waals surface area contributed by atoms with Crippen molar-refractivity contribution in [2.45, 2.75) is 13.8 Å². The normalized spacial score (nSPS) is 11.7. The molecule has 0 saturated heterocycles. The number of aryl methyl sites for hydroxylation is 1. The quantitative estimate of drug-likeness (QED) is 0.509. The highest BCUT2D eigenvalue weighted by Crippen LogP contribution is 2.29. The summed E-state index contributed by atoms with van der Waals surface area (Å²) in [5.74, 6) is -0.0406. The number of aliphatic imine (C=N–C) groups is 1. The lowest BCUT2D eigenvalue weighted by Gasteiger charge is -2.15. The van der Waals surface area contributed by atoms with Crippen molar-refractivity contribution in [2.75, 3.05) is 0 Å². The van der Waals surface area contributed by atoms with Crippen LogP contribution >= 0.6 is 0 Å². The molecule has 0 fully saturated rings. The van der Waals surface area contributed by atoms with E-state index in [2.05, 4.69) is 4.99 Å². The van der Waals surface area contributed by atoms with Crippen LogP contribution in [0.3, 0.4) is 0 Å². The standard InChI is InChI=1S/C24H20N2O2/c1-16-12-14-18(15-13-16)25-17(2)22-23(27)20-10-6-7-11-21(20)26(24(22)28)19-8-4-3-5-9-19/h3-15,27H,1-2H3. The van der Waals surface area contributed by atoms with E-state index < -0.39 is 0 Å². The van der Waals surface area contributed by atoms with Crippen molar-refractivity contribution in [3.8, 4) is 11.4 Å². The second-order valence-electron chi connectivity index (χ2n) is 6.75. The fourth-order valence-corrected chi connectivity index (χ4v) is 3.35. The van der Waals surface area contributed by atoms with Crippen LogP contribution < -0.4 is 5.56 Å². The SMILES string of the molecule is CC(=Nc1ccc(C)cc1)c1c(O)c2ccccc2n(-c2ccccc2)c1=O. The molecule has 0 bridgehead atoms. The molecule has 0 saturated carbocycles. The van der Waals surface area contributed by atoms with Crippen LogP contribution in [0.15, 0.2) is 88.6 Å². The van der Waals surface area contributed by atoms with Crippen LogP contribution in [0.2, 0.25) is 0 Å². The van der Waals surface area contributed by atoms with E-state index in [1.165, 1.54) is 0 Å². The number of nitrogens with zero attached hydrogens (tertiary/aromatic N) is 2. The number of fused-ring (bicyclic) bond motifs is 1. The van der Waals surface area contributed by atoms with Gasteiger partial charge in [-0.1, -0.05) is 48.0 Å². The van der Waals surface area contributed by atoms with Crippen LogP contribution in [0.4, 0.5) is 5.69 Å². The van der Waals surface area contributed by atoms with Crippen molar-refractivity contribution in [2.24, 2.45) is 4.99 Å². The van der Waals surface area contributed by atoms with Gasteiger partial charge in [0.05, 0.1) is 16.9 Å². The van der Waals surface area contributed by atoms with Gasteiger partial charge < -0.3 is 5.11 Å². The monoisotopic (exact) mass is 368 g/mol. The fourth-order valence-electron chi connectivity index (χ4n) is 3.35. The van der Waals surface area contributed by atoms with E-state index in [-0.39, 0.29) is 16.9 Å². The Hall–Kier alpha value is -3.66. The highest BCUT2D eigenvalue weighted by atomic mass is 16.3. The summed E-state index contributed by atoms with van der Waals surface area (Å²) in [6.07, 6.45) is 0. The van der Waals surface area contributed by atoms with Crippen LogP contribution in [0.1, 0.15) is 18.1 Å². The van der Waals surface area contributed by atoms with Gasteiger partial charge in [0.1, 0.15) is 11.3 Å². The Morgan fingerprint density at radius 2 is 1.54 bits per heavy atom. The predicted molar refractivity (Wildman–Crippen MR) is 114 cm³/mol. The van der Waals surface area contributed by atoms with E-state index in [0.717, 1.165) is 16.9 Å². The van der Waals surface area contributed by atoms with E-state index in [1.54, 1.807) is 11.5 Å². The van der Waals surface area contributed by atoms with Crippen LogP contribution in [0.5, 0.6) is 5.75 Å². The Balaban J connectivity index is 2.02. The van der Waals surface area contributed by atoms with Gasteiger partial charge in [0.25, 0.3) is 5.56 Å². The molecule has 1 N–H and O–H groups in total. The Labute approximate surface area is 163 Å². The van der Waals surface area contributed by atoms with Gasteiger partial charge in [-0.3, -0.25) is 14.4 Å². The molecule has 0 aliphatic heterocycles. The number of pyridine rings is 1. The maximum atomic E-state index is 13.4. The molecular formula is C24H20N2O2. The van der Waals surface area contributed by atoms with E-state index in [4.69, 9.17) is 0 Å². The van der Waals surface area contributed by atoms with Gasteiger partial charge in [-0.2, -0.15) is 0 Å². The van der Waals surface area contributed by atoms with Crippen LogP contribution in [-0.4, -0.2) is 15.4 Å². The molecule has 4 aromatic rings.